The second kappa shape index (κ2) is 4.56. The fourth-order valence-corrected chi connectivity index (χ4v) is 0.807. The van der Waals surface area contributed by atoms with Crippen LogP contribution in [0.3, 0.4) is 0 Å². The monoisotopic (exact) mass is 186 g/mol. The Kier molecular flexibility index (Phi) is 3.39. The van der Waals surface area contributed by atoms with Gasteiger partial charge in [-0.3, -0.25) is 4.79 Å². The molecule has 0 aliphatic heterocycles. The molecule has 1 rings (SSSR count). The third-order valence-corrected chi connectivity index (χ3v) is 1.40. The van der Waals surface area contributed by atoms with Crippen molar-refractivity contribution in [1.29, 1.82) is 0 Å². The third-order valence-electron chi connectivity index (χ3n) is 1.40. The average Bonchev–Trinajstić information content (AvgIpc) is 2.50. The Balaban J connectivity index is 2.44. The molecule has 13 heavy (non-hydrogen) atoms. The Morgan fingerprint density at radius 2 is 2.23 bits per heavy atom. The van der Waals surface area contributed by atoms with Crippen LogP contribution in [0.15, 0.2) is 4.52 Å². The van der Waals surface area contributed by atoms with Crippen molar-refractivity contribution in [2.24, 2.45) is 0 Å². The van der Waals surface area contributed by atoms with E-state index in [0.717, 1.165) is 0 Å². The summed E-state index contributed by atoms with van der Waals surface area (Å²) in [4.78, 5) is 14.0. The highest BCUT2D eigenvalue weighted by atomic mass is 16.5. The normalized spacial score (nSPS) is 10.2. The van der Waals surface area contributed by atoms with Crippen LogP contribution in [0.4, 0.5) is 0 Å². The molecule has 0 aromatic carbocycles. The van der Waals surface area contributed by atoms with Crippen LogP contribution in [-0.4, -0.2) is 32.9 Å². The predicted octanol–water partition coefficient (Wildman–Crippen LogP) is -0.378. The van der Waals surface area contributed by atoms with E-state index in [1.807, 2.05) is 0 Å². The number of rotatable bonds is 5. The number of carbonyl (C=O) groups is 1. The van der Waals surface area contributed by atoms with Gasteiger partial charge in [0.15, 0.2) is 5.82 Å². The molecule has 6 nitrogen and oxygen atoms in total. The van der Waals surface area contributed by atoms with Crippen molar-refractivity contribution in [2.45, 2.75) is 19.3 Å². The topological polar surface area (TPSA) is 96.5 Å². The summed E-state index contributed by atoms with van der Waals surface area (Å²) in [6.45, 7) is -0.0437. The number of hydrogen-bond acceptors (Lipinski definition) is 5. The van der Waals surface area contributed by atoms with Gasteiger partial charge in [0.1, 0.15) is 0 Å². The fraction of sp³-hybridized carbons (Fsp3) is 0.571. The first-order chi connectivity index (χ1) is 6.22. The van der Waals surface area contributed by atoms with Crippen molar-refractivity contribution in [3.8, 4) is 0 Å². The van der Waals surface area contributed by atoms with Crippen LogP contribution >= 0.6 is 0 Å². The maximum absolute atomic E-state index is 10.2. The minimum Gasteiger partial charge on any atom is -0.481 e. The van der Waals surface area contributed by atoms with E-state index in [9.17, 15) is 4.79 Å². The lowest BCUT2D eigenvalue weighted by Crippen LogP contribution is -1.98. The molecule has 1 aromatic rings. The number of aliphatic hydroxyl groups excluding tert-OH is 1. The average molecular weight is 186 g/mol. The molecular weight excluding hydrogens is 176 g/mol. The molecule has 0 spiro atoms. The number of nitrogens with zero attached hydrogens (tertiary/aromatic N) is 2. The Morgan fingerprint density at radius 1 is 1.46 bits per heavy atom. The number of hydrogen-bond donors (Lipinski definition) is 2. The SMILES string of the molecule is O=C(O)CCc1nc(CCO)no1. The van der Waals surface area contributed by atoms with Gasteiger partial charge in [0.05, 0.1) is 13.0 Å². The van der Waals surface area contributed by atoms with Gasteiger partial charge in [-0.1, -0.05) is 5.16 Å². The molecule has 1 aromatic heterocycles. The van der Waals surface area contributed by atoms with Crippen molar-refractivity contribution >= 4 is 5.97 Å². The van der Waals surface area contributed by atoms with Gasteiger partial charge in [0, 0.05) is 12.8 Å². The minimum absolute atomic E-state index is 0.0270. The first-order valence-electron chi connectivity index (χ1n) is 3.86. The number of aromatic nitrogens is 2. The van der Waals surface area contributed by atoms with E-state index in [0.29, 0.717) is 18.1 Å². The summed E-state index contributed by atoms with van der Waals surface area (Å²) in [5.41, 5.74) is 0. The maximum Gasteiger partial charge on any atom is 0.303 e. The molecule has 0 unspecified atom stereocenters. The van der Waals surface area contributed by atoms with E-state index < -0.39 is 5.97 Å². The van der Waals surface area contributed by atoms with Gasteiger partial charge in [-0.25, -0.2) is 0 Å². The van der Waals surface area contributed by atoms with Crippen LogP contribution in [0.2, 0.25) is 0 Å². The molecule has 0 fully saturated rings. The first kappa shape index (κ1) is 9.66. The molecule has 2 N–H and O–H groups in total. The Labute approximate surface area is 74.2 Å². The molecule has 0 atom stereocenters. The second-order valence-electron chi connectivity index (χ2n) is 2.47. The van der Waals surface area contributed by atoms with Crippen LogP contribution < -0.4 is 0 Å². The third kappa shape index (κ3) is 3.20. The van der Waals surface area contributed by atoms with Gasteiger partial charge >= 0.3 is 5.97 Å². The molecule has 6 heteroatoms. The standard InChI is InChI=1S/C7H10N2O4/c10-4-3-5-8-6(13-9-5)1-2-7(11)12/h10H,1-4H2,(H,11,12). The summed E-state index contributed by atoms with van der Waals surface area (Å²) >= 11 is 0. The van der Waals surface area contributed by atoms with Gasteiger partial charge in [-0.2, -0.15) is 4.98 Å². The van der Waals surface area contributed by atoms with Crippen LogP contribution in [0.1, 0.15) is 18.1 Å². The molecule has 0 radical (unpaired) electrons. The molecular formula is C7H10N2O4. The molecule has 0 aliphatic carbocycles. The van der Waals surface area contributed by atoms with Crippen molar-refractivity contribution in [3.63, 3.8) is 0 Å². The second-order valence-corrected chi connectivity index (χ2v) is 2.47. The highest BCUT2D eigenvalue weighted by Crippen LogP contribution is 2.01. The van der Waals surface area contributed by atoms with Gasteiger partial charge in [0.25, 0.3) is 0 Å². The highest BCUT2D eigenvalue weighted by molar-refractivity contribution is 5.66. The summed E-state index contributed by atoms with van der Waals surface area (Å²) in [6.07, 6.45) is 0.533. The Morgan fingerprint density at radius 3 is 2.85 bits per heavy atom. The fourth-order valence-electron chi connectivity index (χ4n) is 0.807. The first-order valence-corrected chi connectivity index (χ1v) is 3.86. The van der Waals surface area contributed by atoms with Gasteiger partial charge in [-0.15, -0.1) is 0 Å². The van der Waals surface area contributed by atoms with Crippen molar-refractivity contribution in [1.82, 2.24) is 10.1 Å². The van der Waals surface area contributed by atoms with E-state index >= 15 is 0 Å². The van der Waals surface area contributed by atoms with Gasteiger partial charge in [0.2, 0.25) is 5.89 Å². The summed E-state index contributed by atoms with van der Waals surface area (Å²) in [5, 5.41) is 20.4. The molecule has 0 amide bonds. The largest absolute Gasteiger partial charge is 0.481 e. The Hall–Kier alpha value is -1.43. The number of aliphatic hydroxyl groups is 1. The van der Waals surface area contributed by atoms with Crippen LogP contribution in [0.25, 0.3) is 0 Å². The van der Waals surface area contributed by atoms with Crippen molar-refractivity contribution in [3.05, 3.63) is 11.7 Å². The lowest BCUT2D eigenvalue weighted by molar-refractivity contribution is -0.137. The lowest BCUT2D eigenvalue weighted by atomic mass is 10.3. The Bertz CT molecular complexity index is 284. The molecule has 0 saturated heterocycles. The quantitative estimate of drug-likeness (QED) is 0.650. The van der Waals surface area contributed by atoms with Crippen LogP contribution in [-0.2, 0) is 17.6 Å². The van der Waals surface area contributed by atoms with E-state index in [1.165, 1.54) is 0 Å². The molecule has 1 heterocycles. The predicted molar refractivity (Wildman–Crippen MR) is 41.0 cm³/mol. The number of carboxylic acid groups (broad SMARTS) is 1. The number of carboxylic acids is 1. The number of aryl methyl sites for hydroxylation is 1. The van der Waals surface area contributed by atoms with E-state index in [-0.39, 0.29) is 19.4 Å². The number of aliphatic carboxylic acids is 1. The highest BCUT2D eigenvalue weighted by Gasteiger charge is 2.07. The van der Waals surface area contributed by atoms with Crippen molar-refractivity contribution in [2.75, 3.05) is 6.61 Å². The van der Waals surface area contributed by atoms with E-state index in [1.54, 1.807) is 0 Å². The molecule has 0 saturated carbocycles. The molecule has 0 aliphatic rings. The molecule has 72 valence electrons. The maximum atomic E-state index is 10.2. The summed E-state index contributed by atoms with van der Waals surface area (Å²) in [7, 11) is 0. The summed E-state index contributed by atoms with van der Waals surface area (Å²) in [5.74, 6) is -0.198. The van der Waals surface area contributed by atoms with Gasteiger partial charge < -0.3 is 14.7 Å². The smallest absolute Gasteiger partial charge is 0.303 e. The van der Waals surface area contributed by atoms with E-state index in [4.69, 9.17) is 14.7 Å². The van der Waals surface area contributed by atoms with Gasteiger partial charge in [-0.05, 0) is 0 Å². The zero-order valence-electron chi connectivity index (χ0n) is 6.93. The zero-order valence-corrected chi connectivity index (χ0v) is 6.93. The van der Waals surface area contributed by atoms with Crippen molar-refractivity contribution < 1.29 is 19.5 Å². The molecule has 0 bridgehead atoms. The summed E-state index contributed by atoms with van der Waals surface area (Å²) in [6, 6.07) is 0. The lowest BCUT2D eigenvalue weighted by Gasteiger charge is -1.87. The zero-order chi connectivity index (χ0) is 9.68. The van der Waals surface area contributed by atoms with Crippen LogP contribution in [0.5, 0.6) is 0 Å². The minimum atomic E-state index is -0.901. The van der Waals surface area contributed by atoms with E-state index in [2.05, 4.69) is 10.1 Å². The summed E-state index contributed by atoms with van der Waals surface area (Å²) < 4.78 is 4.73. The van der Waals surface area contributed by atoms with Crippen LogP contribution in [0, 0.1) is 0 Å².